The minimum atomic E-state index is -0.598. The van der Waals surface area contributed by atoms with Crippen molar-refractivity contribution >= 4 is 17.8 Å². The number of nitrogens with zero attached hydrogens (tertiary/aromatic N) is 4. The molecule has 0 spiro atoms. The van der Waals surface area contributed by atoms with Crippen LogP contribution < -0.4 is 0 Å². The van der Waals surface area contributed by atoms with E-state index in [1.807, 2.05) is 50.2 Å². The molecule has 0 bridgehead atoms. The minimum Gasteiger partial charge on any atom is -0.454 e. The molecule has 0 amide bonds. The zero-order valence-corrected chi connectivity index (χ0v) is 17.7. The molecule has 7 heteroatoms. The first-order valence-corrected chi connectivity index (χ1v) is 9.85. The van der Waals surface area contributed by atoms with Gasteiger partial charge in [0.05, 0.1) is 12.7 Å². The lowest BCUT2D eigenvalue weighted by Crippen LogP contribution is -2.14. The Labute approximate surface area is 176 Å². The molecule has 156 valence electrons. The number of hydrogen-bond donors (Lipinski definition) is 0. The summed E-state index contributed by atoms with van der Waals surface area (Å²) in [6, 6.07) is 12.0. The zero-order valence-electron chi connectivity index (χ0n) is 17.7. The maximum absolute atomic E-state index is 12.5. The highest BCUT2D eigenvalue weighted by Gasteiger charge is 2.18. The van der Waals surface area contributed by atoms with Gasteiger partial charge in [-0.2, -0.15) is 0 Å². The van der Waals surface area contributed by atoms with E-state index in [1.165, 1.54) is 12.2 Å². The van der Waals surface area contributed by atoms with Crippen LogP contribution in [0.15, 0.2) is 48.7 Å². The van der Waals surface area contributed by atoms with Gasteiger partial charge in [0, 0.05) is 29.1 Å². The number of aromatic nitrogens is 4. The van der Waals surface area contributed by atoms with Crippen molar-refractivity contribution in [3.05, 3.63) is 76.9 Å². The zero-order chi connectivity index (χ0) is 21.7. The van der Waals surface area contributed by atoms with E-state index in [9.17, 15) is 9.59 Å². The molecular weight excluding hydrogens is 380 g/mol. The molecule has 1 aromatic carbocycles. The molecule has 0 N–H and O–H groups in total. The van der Waals surface area contributed by atoms with Gasteiger partial charge in [-0.25, -0.2) is 9.48 Å². The molecule has 0 aliphatic heterocycles. The molecule has 2 aromatic heterocycles. The maximum Gasteiger partial charge on any atom is 0.331 e. The van der Waals surface area contributed by atoms with Crippen molar-refractivity contribution in [1.82, 2.24) is 19.6 Å². The average molecular weight is 406 g/mol. The number of carbonyl (C=O) groups is 2. The van der Waals surface area contributed by atoms with Crippen molar-refractivity contribution < 1.29 is 14.3 Å². The summed E-state index contributed by atoms with van der Waals surface area (Å²) in [5.41, 5.74) is 4.12. The fourth-order valence-corrected chi connectivity index (χ4v) is 3.51. The second-order valence-corrected chi connectivity index (χ2v) is 7.44. The molecule has 0 saturated heterocycles. The third kappa shape index (κ3) is 5.11. The lowest BCUT2D eigenvalue weighted by atomic mass is 10.1. The van der Waals surface area contributed by atoms with Gasteiger partial charge >= 0.3 is 5.97 Å². The van der Waals surface area contributed by atoms with E-state index in [-0.39, 0.29) is 18.4 Å². The van der Waals surface area contributed by atoms with E-state index in [4.69, 9.17) is 4.74 Å². The molecular formula is C23H26N4O3. The highest BCUT2D eigenvalue weighted by Crippen LogP contribution is 2.20. The van der Waals surface area contributed by atoms with Crippen LogP contribution in [0, 0.1) is 13.8 Å². The molecule has 0 aliphatic carbocycles. The fourth-order valence-electron chi connectivity index (χ4n) is 3.51. The summed E-state index contributed by atoms with van der Waals surface area (Å²) < 4.78 is 8.89. The van der Waals surface area contributed by atoms with E-state index in [0.29, 0.717) is 17.8 Å². The molecule has 0 atom stereocenters. The summed E-state index contributed by atoms with van der Waals surface area (Å²) in [6.07, 6.45) is 4.51. The third-order valence-electron chi connectivity index (χ3n) is 4.78. The molecule has 0 unspecified atom stereocenters. The van der Waals surface area contributed by atoms with Crippen LogP contribution in [0.3, 0.4) is 0 Å². The van der Waals surface area contributed by atoms with Crippen molar-refractivity contribution in [2.75, 3.05) is 6.61 Å². The van der Waals surface area contributed by atoms with Gasteiger partial charge in [0.1, 0.15) is 5.69 Å². The SMILES string of the molecule is Cc1cc(C(=O)COC(=O)/C=C/c2cn(Cc3ccccc3)nn2)c(C)n1C(C)C. The Morgan fingerprint density at radius 3 is 2.57 bits per heavy atom. The van der Waals surface area contributed by atoms with E-state index < -0.39 is 5.97 Å². The molecule has 7 nitrogen and oxygen atoms in total. The van der Waals surface area contributed by atoms with Crippen molar-refractivity contribution in [1.29, 1.82) is 0 Å². The van der Waals surface area contributed by atoms with Crippen LogP contribution in [0.1, 0.15) is 52.9 Å². The number of esters is 1. The Morgan fingerprint density at radius 2 is 1.90 bits per heavy atom. The molecule has 0 saturated carbocycles. The highest BCUT2D eigenvalue weighted by atomic mass is 16.5. The van der Waals surface area contributed by atoms with Crippen LogP contribution in [0.5, 0.6) is 0 Å². The highest BCUT2D eigenvalue weighted by molar-refractivity contribution is 6.00. The van der Waals surface area contributed by atoms with Gasteiger partial charge in [-0.3, -0.25) is 4.79 Å². The molecule has 0 fully saturated rings. The van der Waals surface area contributed by atoms with E-state index in [2.05, 4.69) is 28.7 Å². The predicted molar refractivity (Wildman–Crippen MR) is 114 cm³/mol. The van der Waals surface area contributed by atoms with Crippen LogP contribution in [-0.2, 0) is 16.1 Å². The molecule has 3 rings (SSSR count). The fraction of sp³-hybridized carbons (Fsp3) is 0.304. The van der Waals surface area contributed by atoms with Crippen molar-refractivity contribution in [2.24, 2.45) is 0 Å². The summed E-state index contributed by atoms with van der Waals surface area (Å²) in [4.78, 5) is 24.5. The van der Waals surface area contributed by atoms with Crippen LogP contribution in [0.4, 0.5) is 0 Å². The van der Waals surface area contributed by atoms with Crippen LogP contribution in [0.25, 0.3) is 6.08 Å². The predicted octanol–water partition coefficient (Wildman–Crippen LogP) is 3.76. The second kappa shape index (κ2) is 9.35. The molecule has 0 aliphatic rings. The average Bonchev–Trinajstić information content (AvgIpc) is 3.28. The summed E-state index contributed by atoms with van der Waals surface area (Å²) in [5, 5.41) is 8.06. The minimum absolute atomic E-state index is 0.217. The van der Waals surface area contributed by atoms with Gasteiger partial charge in [0.15, 0.2) is 6.61 Å². The number of ketones is 1. The summed E-state index contributed by atoms with van der Waals surface area (Å²) in [5.74, 6) is -0.816. The van der Waals surface area contributed by atoms with Gasteiger partial charge in [0.25, 0.3) is 0 Å². The largest absolute Gasteiger partial charge is 0.454 e. The van der Waals surface area contributed by atoms with Crippen molar-refractivity contribution in [3.8, 4) is 0 Å². The lowest BCUT2D eigenvalue weighted by Gasteiger charge is -2.13. The second-order valence-electron chi connectivity index (χ2n) is 7.44. The number of hydrogen-bond acceptors (Lipinski definition) is 5. The van der Waals surface area contributed by atoms with Crippen molar-refractivity contribution in [2.45, 2.75) is 40.3 Å². The Balaban J connectivity index is 1.54. The van der Waals surface area contributed by atoms with Gasteiger partial charge in [-0.1, -0.05) is 35.5 Å². The number of Topliss-reactive ketones (excluding diaryl/α,β-unsaturated/α-hetero) is 1. The quantitative estimate of drug-likeness (QED) is 0.323. The molecule has 3 aromatic rings. The normalized spacial score (nSPS) is 11.4. The van der Waals surface area contributed by atoms with Crippen LogP contribution in [-0.4, -0.2) is 37.9 Å². The summed E-state index contributed by atoms with van der Waals surface area (Å²) in [6.45, 7) is 8.29. The monoisotopic (exact) mass is 406 g/mol. The first-order valence-electron chi connectivity index (χ1n) is 9.85. The van der Waals surface area contributed by atoms with Gasteiger partial charge in [-0.05, 0) is 45.4 Å². The summed E-state index contributed by atoms with van der Waals surface area (Å²) in [7, 11) is 0. The third-order valence-corrected chi connectivity index (χ3v) is 4.78. The number of carbonyl (C=O) groups excluding carboxylic acids is 2. The Morgan fingerprint density at radius 1 is 1.17 bits per heavy atom. The lowest BCUT2D eigenvalue weighted by molar-refractivity contribution is -0.136. The Bertz CT molecular complexity index is 1060. The maximum atomic E-state index is 12.5. The number of aryl methyl sites for hydroxylation is 1. The van der Waals surface area contributed by atoms with Crippen molar-refractivity contribution in [3.63, 3.8) is 0 Å². The number of rotatable bonds is 8. The van der Waals surface area contributed by atoms with E-state index >= 15 is 0 Å². The molecule has 0 radical (unpaired) electrons. The van der Waals surface area contributed by atoms with Crippen LogP contribution >= 0.6 is 0 Å². The van der Waals surface area contributed by atoms with E-state index in [1.54, 1.807) is 10.9 Å². The summed E-state index contributed by atoms with van der Waals surface area (Å²) >= 11 is 0. The van der Waals surface area contributed by atoms with Gasteiger partial charge < -0.3 is 9.30 Å². The molecule has 2 heterocycles. The van der Waals surface area contributed by atoms with Gasteiger partial charge in [0.2, 0.25) is 5.78 Å². The van der Waals surface area contributed by atoms with Gasteiger partial charge in [-0.15, -0.1) is 5.10 Å². The smallest absolute Gasteiger partial charge is 0.331 e. The molecule has 30 heavy (non-hydrogen) atoms. The Hall–Kier alpha value is -3.48. The standard InChI is InChI=1S/C23H26N4O3/c1-16(2)27-17(3)12-21(18(27)4)22(28)15-30-23(29)11-10-20-14-26(25-24-20)13-19-8-6-5-7-9-19/h5-12,14,16H,13,15H2,1-4H3/b11-10+. The van der Waals surface area contributed by atoms with Crippen LogP contribution in [0.2, 0.25) is 0 Å². The number of benzene rings is 1. The first kappa shape index (κ1) is 21.2. The van der Waals surface area contributed by atoms with E-state index in [0.717, 1.165) is 17.0 Å². The number of ether oxygens (including phenoxy) is 1. The Kier molecular flexibility index (Phi) is 6.61. The first-order chi connectivity index (χ1) is 14.3. The topological polar surface area (TPSA) is 79.0 Å².